The molecule has 1 rings (SSSR count). The van der Waals surface area contributed by atoms with Crippen molar-refractivity contribution in [1.29, 1.82) is 0 Å². The molecule has 1 amide bonds. The van der Waals surface area contributed by atoms with Crippen LogP contribution in [0.5, 0.6) is 0 Å². The second kappa shape index (κ2) is 4.69. The summed E-state index contributed by atoms with van der Waals surface area (Å²) < 4.78 is 25.7. The Balaban J connectivity index is 3.30. The Kier molecular flexibility index (Phi) is 3.55. The minimum atomic E-state index is -1.49. The van der Waals surface area contributed by atoms with Gasteiger partial charge in [-0.2, -0.15) is 0 Å². The number of hydrogen-bond acceptors (Lipinski definition) is 2. The van der Waals surface area contributed by atoms with Gasteiger partial charge in [0.25, 0.3) is 5.91 Å². The Morgan fingerprint density at radius 3 is 2.19 bits per heavy atom. The van der Waals surface area contributed by atoms with Crippen molar-refractivity contribution >= 4 is 11.9 Å². The van der Waals surface area contributed by atoms with Gasteiger partial charge in [-0.1, -0.05) is 0 Å². The predicted molar refractivity (Wildman–Crippen MR) is 51.3 cm³/mol. The monoisotopic (exact) mass is 229 g/mol. The minimum Gasteiger partial charge on any atom is -0.478 e. The third kappa shape index (κ3) is 2.33. The lowest BCUT2D eigenvalue weighted by atomic mass is 10.1. The maximum absolute atomic E-state index is 12.9. The third-order valence-corrected chi connectivity index (χ3v) is 1.87. The summed E-state index contributed by atoms with van der Waals surface area (Å²) in [7, 11) is 0. The molecule has 0 bridgehead atoms. The molecule has 86 valence electrons. The number of carbonyl (C=O) groups excluding carboxylic acids is 1. The first-order valence-electron chi connectivity index (χ1n) is 4.48. The van der Waals surface area contributed by atoms with E-state index in [9.17, 15) is 18.4 Å². The van der Waals surface area contributed by atoms with Gasteiger partial charge in [-0.3, -0.25) is 4.79 Å². The summed E-state index contributed by atoms with van der Waals surface area (Å²) in [5.74, 6) is -4.80. The molecule has 6 heteroatoms. The molecule has 0 aromatic heterocycles. The van der Waals surface area contributed by atoms with E-state index in [1.807, 2.05) is 0 Å². The van der Waals surface area contributed by atoms with E-state index in [4.69, 9.17) is 5.11 Å². The molecule has 16 heavy (non-hydrogen) atoms. The zero-order valence-corrected chi connectivity index (χ0v) is 8.38. The number of aromatic carboxylic acids is 1. The Morgan fingerprint density at radius 1 is 1.25 bits per heavy atom. The van der Waals surface area contributed by atoms with E-state index in [1.165, 1.54) is 0 Å². The molecule has 0 heterocycles. The third-order valence-electron chi connectivity index (χ3n) is 1.87. The number of hydrogen-bond donors (Lipinski definition) is 2. The Labute approximate surface area is 89.9 Å². The van der Waals surface area contributed by atoms with Crippen LogP contribution in [-0.4, -0.2) is 23.5 Å². The average molecular weight is 229 g/mol. The Hall–Kier alpha value is -1.98. The molecule has 0 fully saturated rings. The Bertz CT molecular complexity index is 446. The molecular formula is C10H9F2NO3. The summed E-state index contributed by atoms with van der Waals surface area (Å²) in [6, 6.07) is 1.06. The van der Waals surface area contributed by atoms with Crippen molar-refractivity contribution in [3.8, 4) is 0 Å². The van der Waals surface area contributed by atoms with Gasteiger partial charge >= 0.3 is 5.97 Å². The number of amides is 1. The van der Waals surface area contributed by atoms with Gasteiger partial charge in [0.05, 0.1) is 11.1 Å². The van der Waals surface area contributed by atoms with E-state index in [0.717, 1.165) is 0 Å². The second-order valence-electron chi connectivity index (χ2n) is 2.98. The van der Waals surface area contributed by atoms with Gasteiger partial charge in [0.1, 0.15) is 0 Å². The standard InChI is InChI=1S/C10H9F2NO3/c1-2-13-9(14)5-3-7(11)8(12)4-6(5)10(15)16/h3-4H,2H2,1H3,(H,13,14)(H,15,16). The lowest BCUT2D eigenvalue weighted by Gasteiger charge is -2.06. The summed E-state index contributed by atoms with van der Waals surface area (Å²) in [6.07, 6.45) is 0. The van der Waals surface area contributed by atoms with E-state index in [-0.39, 0.29) is 6.54 Å². The van der Waals surface area contributed by atoms with Crippen molar-refractivity contribution in [2.45, 2.75) is 6.92 Å². The van der Waals surface area contributed by atoms with Gasteiger partial charge in [0.15, 0.2) is 11.6 Å². The molecule has 0 aliphatic carbocycles. The van der Waals surface area contributed by atoms with Crippen LogP contribution in [0.1, 0.15) is 27.6 Å². The molecule has 2 N–H and O–H groups in total. The number of benzene rings is 1. The smallest absolute Gasteiger partial charge is 0.336 e. The van der Waals surface area contributed by atoms with Crippen molar-refractivity contribution in [3.63, 3.8) is 0 Å². The number of nitrogens with one attached hydrogen (secondary N) is 1. The highest BCUT2D eigenvalue weighted by atomic mass is 19.2. The quantitative estimate of drug-likeness (QED) is 0.823. The highest BCUT2D eigenvalue weighted by Gasteiger charge is 2.19. The fraction of sp³-hybridized carbons (Fsp3) is 0.200. The van der Waals surface area contributed by atoms with Crippen molar-refractivity contribution in [2.75, 3.05) is 6.54 Å². The zero-order chi connectivity index (χ0) is 12.3. The van der Waals surface area contributed by atoms with Crippen LogP contribution in [0.25, 0.3) is 0 Å². The van der Waals surface area contributed by atoms with Crippen molar-refractivity contribution in [2.24, 2.45) is 0 Å². The van der Waals surface area contributed by atoms with Crippen LogP contribution in [0.4, 0.5) is 8.78 Å². The molecule has 1 aromatic carbocycles. The molecule has 0 aliphatic heterocycles. The predicted octanol–water partition coefficient (Wildman–Crippen LogP) is 1.41. The summed E-state index contributed by atoms with van der Waals surface area (Å²) in [4.78, 5) is 22.1. The van der Waals surface area contributed by atoms with Gasteiger partial charge in [-0.05, 0) is 19.1 Å². The largest absolute Gasteiger partial charge is 0.478 e. The normalized spacial score (nSPS) is 9.94. The van der Waals surface area contributed by atoms with E-state index >= 15 is 0 Å². The van der Waals surface area contributed by atoms with Crippen LogP contribution < -0.4 is 5.32 Å². The van der Waals surface area contributed by atoms with E-state index in [0.29, 0.717) is 12.1 Å². The van der Waals surface area contributed by atoms with Gasteiger partial charge in [-0.25, -0.2) is 13.6 Å². The molecule has 0 unspecified atom stereocenters. The van der Waals surface area contributed by atoms with Crippen LogP contribution in [0.3, 0.4) is 0 Å². The first-order chi connectivity index (χ1) is 7.47. The van der Waals surface area contributed by atoms with E-state index in [1.54, 1.807) is 6.92 Å². The lowest BCUT2D eigenvalue weighted by molar-refractivity contribution is 0.0690. The topological polar surface area (TPSA) is 66.4 Å². The number of carboxylic acid groups (broad SMARTS) is 1. The van der Waals surface area contributed by atoms with Gasteiger partial charge in [0, 0.05) is 6.54 Å². The lowest BCUT2D eigenvalue weighted by Crippen LogP contribution is -2.25. The average Bonchev–Trinajstić information content (AvgIpc) is 2.21. The zero-order valence-electron chi connectivity index (χ0n) is 8.38. The molecule has 0 saturated heterocycles. The number of carbonyl (C=O) groups is 2. The molecular weight excluding hydrogens is 220 g/mol. The van der Waals surface area contributed by atoms with Crippen LogP contribution in [0.15, 0.2) is 12.1 Å². The first kappa shape index (κ1) is 12.1. The van der Waals surface area contributed by atoms with Crippen LogP contribution >= 0.6 is 0 Å². The molecule has 0 spiro atoms. The molecule has 0 radical (unpaired) electrons. The number of halogens is 2. The van der Waals surface area contributed by atoms with Gasteiger partial charge in [0.2, 0.25) is 0 Å². The fourth-order valence-electron chi connectivity index (χ4n) is 1.17. The second-order valence-corrected chi connectivity index (χ2v) is 2.98. The van der Waals surface area contributed by atoms with E-state index in [2.05, 4.69) is 5.32 Å². The molecule has 0 saturated carbocycles. The Morgan fingerprint density at radius 2 is 1.75 bits per heavy atom. The van der Waals surface area contributed by atoms with Crippen LogP contribution in [0.2, 0.25) is 0 Å². The summed E-state index contributed by atoms with van der Waals surface area (Å²) in [5, 5.41) is 11.0. The molecule has 0 atom stereocenters. The van der Waals surface area contributed by atoms with Gasteiger partial charge in [-0.15, -0.1) is 0 Å². The molecule has 1 aromatic rings. The summed E-state index contributed by atoms with van der Waals surface area (Å²) >= 11 is 0. The maximum atomic E-state index is 12.9. The highest BCUT2D eigenvalue weighted by Crippen LogP contribution is 2.15. The summed E-state index contributed by atoms with van der Waals surface area (Å²) in [6.45, 7) is 1.88. The van der Waals surface area contributed by atoms with Crippen molar-refractivity contribution < 1.29 is 23.5 Å². The minimum absolute atomic E-state index is 0.261. The van der Waals surface area contributed by atoms with E-state index < -0.39 is 34.6 Å². The van der Waals surface area contributed by atoms with Crippen LogP contribution in [-0.2, 0) is 0 Å². The van der Waals surface area contributed by atoms with Crippen LogP contribution in [0, 0.1) is 11.6 Å². The van der Waals surface area contributed by atoms with Gasteiger partial charge < -0.3 is 10.4 Å². The highest BCUT2D eigenvalue weighted by molar-refractivity contribution is 6.04. The fourth-order valence-corrected chi connectivity index (χ4v) is 1.17. The number of carboxylic acids is 1. The molecule has 0 aliphatic rings. The SMILES string of the molecule is CCNC(=O)c1cc(F)c(F)cc1C(=O)O. The van der Waals surface area contributed by atoms with Crippen molar-refractivity contribution in [3.05, 3.63) is 34.9 Å². The first-order valence-corrected chi connectivity index (χ1v) is 4.48. The summed E-state index contributed by atoms with van der Waals surface area (Å²) in [5.41, 5.74) is -0.960. The number of rotatable bonds is 3. The maximum Gasteiger partial charge on any atom is 0.336 e. The van der Waals surface area contributed by atoms with Crippen molar-refractivity contribution in [1.82, 2.24) is 5.32 Å². The molecule has 4 nitrogen and oxygen atoms in total.